The van der Waals surface area contributed by atoms with Gasteiger partial charge in [0.15, 0.2) is 6.29 Å². The highest BCUT2D eigenvalue weighted by atomic mass is 35.5. The molecule has 1 heterocycles. The van der Waals surface area contributed by atoms with E-state index in [1.807, 2.05) is 0 Å². The number of methoxy groups -OCH3 is 1. The van der Waals surface area contributed by atoms with Gasteiger partial charge < -0.3 is 19.5 Å². The van der Waals surface area contributed by atoms with Gasteiger partial charge in [-0.25, -0.2) is 8.42 Å². The van der Waals surface area contributed by atoms with E-state index in [1.54, 1.807) is 24.3 Å². The summed E-state index contributed by atoms with van der Waals surface area (Å²) in [5.74, 6) is -1.04. The molecule has 2 unspecified atom stereocenters. The Morgan fingerprint density at radius 3 is 2.62 bits per heavy atom. The molecule has 9 nitrogen and oxygen atoms in total. The van der Waals surface area contributed by atoms with Crippen LogP contribution in [0.25, 0.3) is 0 Å². The number of ether oxygens (including phenoxy) is 3. The lowest BCUT2D eigenvalue weighted by molar-refractivity contribution is -0.166. The molecule has 0 spiro atoms. The number of sulfonamides is 1. The van der Waals surface area contributed by atoms with Gasteiger partial charge in [0.05, 0.1) is 25.0 Å². The lowest BCUT2D eigenvalue weighted by Crippen LogP contribution is -2.47. The molecule has 2 aromatic rings. The monoisotopic (exact) mass is 510 g/mol. The van der Waals surface area contributed by atoms with Crippen LogP contribution >= 0.6 is 11.6 Å². The van der Waals surface area contributed by atoms with Crippen molar-refractivity contribution in [1.29, 1.82) is 0 Å². The van der Waals surface area contributed by atoms with E-state index in [9.17, 15) is 18.0 Å². The summed E-state index contributed by atoms with van der Waals surface area (Å²) in [7, 11) is -2.75. The first kappa shape index (κ1) is 26.1. The minimum atomic E-state index is -4.05. The quantitative estimate of drug-likeness (QED) is 0.471. The molecule has 2 N–H and O–H groups in total. The number of hydrogen-bond donors (Lipinski definition) is 2. The molecule has 2 aromatic carbocycles. The molecule has 0 bridgehead atoms. The summed E-state index contributed by atoms with van der Waals surface area (Å²) < 4.78 is 44.1. The fraction of sp³-hybridized carbons (Fsp3) is 0.391. The van der Waals surface area contributed by atoms with Crippen LogP contribution in [0, 0.1) is 0 Å². The molecule has 0 radical (unpaired) electrons. The van der Waals surface area contributed by atoms with Crippen molar-refractivity contribution in [3.05, 3.63) is 59.1 Å². The second-order valence-electron chi connectivity index (χ2n) is 7.70. The molecule has 184 valence electrons. The molecule has 0 aromatic heterocycles. The summed E-state index contributed by atoms with van der Waals surface area (Å²) in [5.41, 5.74) is 1.03. The third kappa shape index (κ3) is 7.78. The average Bonchev–Trinajstić information content (AvgIpc) is 2.82. The fourth-order valence-electron chi connectivity index (χ4n) is 3.31. The second-order valence-corrected chi connectivity index (χ2v) is 9.85. The van der Waals surface area contributed by atoms with Crippen LogP contribution in [0.2, 0.25) is 5.02 Å². The molecule has 3 rings (SSSR count). The van der Waals surface area contributed by atoms with Crippen LogP contribution in [0.3, 0.4) is 0 Å². The van der Waals surface area contributed by atoms with Crippen molar-refractivity contribution in [1.82, 2.24) is 4.72 Å². The van der Waals surface area contributed by atoms with E-state index >= 15 is 0 Å². The van der Waals surface area contributed by atoms with E-state index in [1.165, 1.54) is 31.4 Å². The van der Waals surface area contributed by atoms with Gasteiger partial charge in [0.1, 0.15) is 6.04 Å². The summed E-state index contributed by atoms with van der Waals surface area (Å²) in [6.07, 6.45) is 2.04. The second kappa shape index (κ2) is 12.3. The van der Waals surface area contributed by atoms with Crippen molar-refractivity contribution in [3.8, 4) is 0 Å². The maximum absolute atomic E-state index is 13.1. The molecule has 1 aliphatic rings. The largest absolute Gasteiger partial charge is 0.469 e. The first-order valence-corrected chi connectivity index (χ1v) is 12.6. The SMILES string of the molecule is COC(=O)Cc1cccc(NC(=O)C(COC2CCCCO2)NS(=O)(=O)c2ccc(Cl)cc2)c1. The highest BCUT2D eigenvalue weighted by Crippen LogP contribution is 2.18. The predicted molar refractivity (Wildman–Crippen MR) is 126 cm³/mol. The summed E-state index contributed by atoms with van der Waals surface area (Å²) in [6, 6.07) is 11.0. The lowest BCUT2D eigenvalue weighted by atomic mass is 10.1. The Hall–Kier alpha value is -2.50. The minimum absolute atomic E-state index is 0.0367. The topological polar surface area (TPSA) is 120 Å². The van der Waals surface area contributed by atoms with Crippen LogP contribution < -0.4 is 10.0 Å². The smallest absolute Gasteiger partial charge is 0.309 e. The number of amides is 1. The van der Waals surface area contributed by atoms with Crippen molar-refractivity contribution in [3.63, 3.8) is 0 Å². The Labute approximate surface area is 203 Å². The number of carbonyl (C=O) groups is 2. The van der Waals surface area contributed by atoms with E-state index < -0.39 is 34.2 Å². The highest BCUT2D eigenvalue weighted by Gasteiger charge is 2.28. The molecule has 1 saturated heterocycles. The van der Waals surface area contributed by atoms with Gasteiger partial charge in [0, 0.05) is 17.3 Å². The lowest BCUT2D eigenvalue weighted by Gasteiger charge is -2.25. The van der Waals surface area contributed by atoms with Crippen LogP contribution in [0.5, 0.6) is 0 Å². The van der Waals surface area contributed by atoms with Gasteiger partial charge in [0.25, 0.3) is 0 Å². The maximum Gasteiger partial charge on any atom is 0.309 e. The molecule has 0 aliphatic carbocycles. The summed E-state index contributed by atoms with van der Waals surface area (Å²) in [6.45, 7) is 0.316. The zero-order valence-electron chi connectivity index (χ0n) is 18.7. The van der Waals surface area contributed by atoms with Crippen LogP contribution in [0.4, 0.5) is 5.69 Å². The summed E-state index contributed by atoms with van der Waals surface area (Å²) in [5, 5.41) is 3.07. The van der Waals surface area contributed by atoms with Crippen molar-refractivity contribution in [2.75, 3.05) is 25.6 Å². The van der Waals surface area contributed by atoms with E-state index in [2.05, 4.69) is 14.8 Å². The van der Waals surface area contributed by atoms with Crippen molar-refractivity contribution in [2.45, 2.75) is 42.9 Å². The summed E-state index contributed by atoms with van der Waals surface area (Å²) >= 11 is 5.86. The molecule has 1 amide bonds. The minimum Gasteiger partial charge on any atom is -0.469 e. The van der Waals surface area contributed by atoms with Crippen molar-refractivity contribution in [2.24, 2.45) is 0 Å². The van der Waals surface area contributed by atoms with Crippen LogP contribution in [-0.2, 0) is 40.2 Å². The van der Waals surface area contributed by atoms with Gasteiger partial charge in [-0.05, 0) is 61.2 Å². The molecule has 1 aliphatic heterocycles. The number of rotatable bonds is 10. The Kier molecular flexibility index (Phi) is 9.43. The molecule has 11 heteroatoms. The van der Waals surface area contributed by atoms with E-state index in [0.29, 0.717) is 29.3 Å². The third-order valence-electron chi connectivity index (χ3n) is 5.10. The van der Waals surface area contributed by atoms with Crippen LogP contribution in [-0.4, -0.2) is 52.9 Å². The average molecular weight is 511 g/mol. The molecule has 1 fully saturated rings. The molecule has 34 heavy (non-hydrogen) atoms. The standard InChI is InChI=1S/C23H27ClN2O7S/c1-31-21(27)14-16-5-4-6-18(13-16)25-23(28)20(15-33-22-7-2-3-12-32-22)26-34(29,30)19-10-8-17(24)9-11-19/h4-6,8-11,13,20,22,26H,2-3,7,12,14-15H2,1H3,(H,25,28). The number of halogens is 1. The fourth-order valence-corrected chi connectivity index (χ4v) is 4.61. The Morgan fingerprint density at radius 2 is 1.94 bits per heavy atom. The van der Waals surface area contributed by atoms with Gasteiger partial charge in [-0.15, -0.1) is 0 Å². The Bertz CT molecular complexity index is 1090. The van der Waals surface area contributed by atoms with Gasteiger partial charge >= 0.3 is 5.97 Å². The van der Waals surface area contributed by atoms with Gasteiger partial charge in [-0.3, -0.25) is 9.59 Å². The number of benzene rings is 2. The maximum atomic E-state index is 13.1. The summed E-state index contributed by atoms with van der Waals surface area (Å²) in [4.78, 5) is 24.6. The number of hydrogen-bond acceptors (Lipinski definition) is 7. The van der Waals surface area contributed by atoms with E-state index in [4.69, 9.17) is 21.1 Å². The first-order valence-electron chi connectivity index (χ1n) is 10.7. The normalized spacial score (nSPS) is 17.1. The Morgan fingerprint density at radius 1 is 1.18 bits per heavy atom. The number of esters is 1. The third-order valence-corrected chi connectivity index (χ3v) is 6.83. The van der Waals surface area contributed by atoms with Crippen molar-refractivity contribution >= 4 is 39.2 Å². The van der Waals surface area contributed by atoms with Crippen LogP contribution in [0.1, 0.15) is 24.8 Å². The number of anilines is 1. The van der Waals surface area contributed by atoms with E-state index in [0.717, 1.165) is 12.8 Å². The number of carbonyl (C=O) groups excluding carboxylic acids is 2. The molecule has 0 saturated carbocycles. The molecular weight excluding hydrogens is 484 g/mol. The Balaban J connectivity index is 1.75. The van der Waals surface area contributed by atoms with Crippen LogP contribution in [0.15, 0.2) is 53.4 Å². The highest BCUT2D eigenvalue weighted by molar-refractivity contribution is 7.89. The first-order chi connectivity index (χ1) is 16.3. The predicted octanol–water partition coefficient (Wildman–Crippen LogP) is 2.88. The number of nitrogens with one attached hydrogen (secondary N) is 2. The van der Waals surface area contributed by atoms with Gasteiger partial charge in [-0.2, -0.15) is 4.72 Å². The van der Waals surface area contributed by atoms with E-state index in [-0.39, 0.29) is 17.9 Å². The van der Waals surface area contributed by atoms with Gasteiger partial charge in [-0.1, -0.05) is 23.7 Å². The zero-order chi connectivity index (χ0) is 24.6. The van der Waals surface area contributed by atoms with Crippen molar-refractivity contribution < 1.29 is 32.2 Å². The zero-order valence-corrected chi connectivity index (χ0v) is 20.2. The molecule has 2 atom stereocenters. The molecular formula is C23H27ClN2O7S. The van der Waals surface area contributed by atoms with Gasteiger partial charge in [0.2, 0.25) is 15.9 Å².